The average Bonchev–Trinajstić information content (AvgIpc) is 3.94. The number of nitrogens with zero attached hydrogens (tertiary/aromatic N) is 4. The molecule has 7 rings (SSSR count). The number of carbonyl (C=O) groups is 3. The largest absolute Gasteiger partial charge is 0.488 e. The first-order valence-corrected chi connectivity index (χ1v) is 19.2. The van der Waals surface area contributed by atoms with Crippen molar-refractivity contribution >= 4 is 39.7 Å². The van der Waals surface area contributed by atoms with Crippen LogP contribution in [0.5, 0.6) is 5.75 Å². The van der Waals surface area contributed by atoms with Crippen LogP contribution >= 0.6 is 0 Å². The molecule has 0 aliphatic carbocycles. The molecule has 2 aliphatic rings. The molecule has 5 atom stereocenters. The van der Waals surface area contributed by atoms with E-state index in [1.165, 1.54) is 7.11 Å². The SMILES string of the molecule is CCCC(=O)N(CC(C)COC)C(C)c1ncc(-c2ccc3c(c2)COc2cc4c(ccc5[nH]c(C6CCC(C)N6C(=O)C(C)NC(=O)OC)nc54)cc2-3)[nH]1. The van der Waals surface area contributed by atoms with Crippen LogP contribution in [-0.2, 0) is 25.7 Å². The fourth-order valence-electron chi connectivity index (χ4n) is 8.13. The number of hydrogen-bond donors (Lipinski definition) is 3. The number of H-pyrrole nitrogens is 2. The van der Waals surface area contributed by atoms with E-state index in [4.69, 9.17) is 24.2 Å². The van der Waals surface area contributed by atoms with Crippen LogP contribution in [0.4, 0.5) is 4.79 Å². The first-order valence-electron chi connectivity index (χ1n) is 19.2. The van der Waals surface area contributed by atoms with Gasteiger partial charge in [-0.1, -0.05) is 32.0 Å². The molecule has 3 N–H and O–H groups in total. The lowest BCUT2D eigenvalue weighted by atomic mass is 9.92. The summed E-state index contributed by atoms with van der Waals surface area (Å²) in [4.78, 5) is 59.0. The van der Waals surface area contributed by atoms with Gasteiger partial charge >= 0.3 is 6.09 Å². The number of methoxy groups -OCH3 is 2. The summed E-state index contributed by atoms with van der Waals surface area (Å²) < 4.78 is 16.5. The number of ether oxygens (including phenoxy) is 3. The number of amides is 3. The van der Waals surface area contributed by atoms with Crippen molar-refractivity contribution in [3.05, 3.63) is 65.9 Å². The molecule has 13 heteroatoms. The summed E-state index contributed by atoms with van der Waals surface area (Å²) in [6.45, 7) is 11.4. The quantitative estimate of drug-likeness (QED) is 0.119. The summed E-state index contributed by atoms with van der Waals surface area (Å²) in [5, 5.41) is 4.60. The number of carbonyl (C=O) groups excluding carboxylic acids is 3. The minimum atomic E-state index is -0.734. The van der Waals surface area contributed by atoms with Gasteiger partial charge in [-0.3, -0.25) is 9.59 Å². The number of aromatic amines is 2. The highest BCUT2D eigenvalue weighted by Crippen LogP contribution is 2.43. The van der Waals surface area contributed by atoms with Crippen LogP contribution in [0.2, 0.25) is 0 Å². The second-order valence-electron chi connectivity index (χ2n) is 15.1. The molecular formula is C42H51N7O6. The topological polar surface area (TPSA) is 155 Å². The molecule has 2 aliphatic heterocycles. The molecular weight excluding hydrogens is 699 g/mol. The first-order chi connectivity index (χ1) is 26.5. The van der Waals surface area contributed by atoms with Crippen molar-refractivity contribution in [1.82, 2.24) is 35.1 Å². The maximum absolute atomic E-state index is 13.5. The van der Waals surface area contributed by atoms with E-state index in [0.717, 1.165) is 86.4 Å². The van der Waals surface area contributed by atoms with Gasteiger partial charge < -0.3 is 39.3 Å². The molecule has 13 nitrogen and oxygen atoms in total. The highest BCUT2D eigenvalue weighted by atomic mass is 16.5. The Morgan fingerprint density at radius 2 is 1.87 bits per heavy atom. The van der Waals surface area contributed by atoms with E-state index in [9.17, 15) is 14.4 Å². The summed E-state index contributed by atoms with van der Waals surface area (Å²) in [6.07, 6.45) is 4.07. The minimum absolute atomic E-state index is 0.00372. The van der Waals surface area contributed by atoms with E-state index in [1.54, 1.807) is 14.0 Å². The van der Waals surface area contributed by atoms with Crippen LogP contribution in [0.3, 0.4) is 0 Å². The van der Waals surface area contributed by atoms with Crippen molar-refractivity contribution < 1.29 is 28.6 Å². The number of aromatic nitrogens is 4. The number of alkyl carbamates (subject to hydrolysis) is 1. The molecule has 4 heterocycles. The molecule has 2 aromatic heterocycles. The molecule has 0 bridgehead atoms. The predicted molar refractivity (Wildman–Crippen MR) is 210 cm³/mol. The maximum atomic E-state index is 13.5. The number of likely N-dealkylation sites (tertiary alicyclic amines) is 1. The monoisotopic (exact) mass is 749 g/mol. The van der Waals surface area contributed by atoms with E-state index >= 15 is 0 Å². The van der Waals surface area contributed by atoms with Crippen molar-refractivity contribution in [1.29, 1.82) is 0 Å². The fourth-order valence-corrected chi connectivity index (χ4v) is 8.13. The minimum Gasteiger partial charge on any atom is -0.488 e. The molecule has 5 unspecified atom stereocenters. The lowest BCUT2D eigenvalue weighted by Crippen LogP contribution is -2.48. The van der Waals surface area contributed by atoms with Crippen LogP contribution in [0.1, 0.15) is 89.6 Å². The molecule has 0 radical (unpaired) electrons. The Morgan fingerprint density at radius 3 is 2.64 bits per heavy atom. The third-order valence-corrected chi connectivity index (χ3v) is 11.0. The number of imidazole rings is 2. The van der Waals surface area contributed by atoms with Gasteiger partial charge in [0.15, 0.2) is 0 Å². The predicted octanol–water partition coefficient (Wildman–Crippen LogP) is 7.43. The molecule has 0 saturated carbocycles. The Kier molecular flexibility index (Phi) is 10.8. The maximum Gasteiger partial charge on any atom is 0.407 e. The molecule has 290 valence electrons. The summed E-state index contributed by atoms with van der Waals surface area (Å²) in [7, 11) is 2.96. The van der Waals surface area contributed by atoms with E-state index in [2.05, 4.69) is 58.6 Å². The molecule has 55 heavy (non-hydrogen) atoms. The summed E-state index contributed by atoms with van der Waals surface area (Å²) in [5.74, 6) is 2.39. The second-order valence-corrected chi connectivity index (χ2v) is 15.1. The zero-order valence-electron chi connectivity index (χ0n) is 32.7. The Hall–Kier alpha value is -5.43. The fraction of sp³-hybridized carbons (Fsp3) is 0.452. The normalized spacial score (nSPS) is 18.0. The summed E-state index contributed by atoms with van der Waals surface area (Å²) in [6, 6.07) is 13.5. The van der Waals surface area contributed by atoms with Gasteiger partial charge in [-0.15, -0.1) is 0 Å². The zero-order chi connectivity index (χ0) is 39.0. The van der Waals surface area contributed by atoms with Gasteiger partial charge in [0, 0.05) is 37.1 Å². The molecule has 1 saturated heterocycles. The third kappa shape index (κ3) is 7.37. The smallest absolute Gasteiger partial charge is 0.407 e. The van der Waals surface area contributed by atoms with Crippen LogP contribution in [0.15, 0.2) is 48.7 Å². The lowest BCUT2D eigenvalue weighted by Gasteiger charge is -2.30. The van der Waals surface area contributed by atoms with Gasteiger partial charge in [-0.2, -0.15) is 0 Å². The third-order valence-electron chi connectivity index (χ3n) is 11.0. The number of rotatable bonds is 12. The zero-order valence-corrected chi connectivity index (χ0v) is 32.7. The Balaban J connectivity index is 1.14. The van der Waals surface area contributed by atoms with E-state index in [-0.39, 0.29) is 35.9 Å². The van der Waals surface area contributed by atoms with Crippen molar-refractivity contribution in [2.75, 3.05) is 27.4 Å². The van der Waals surface area contributed by atoms with Crippen molar-refractivity contribution in [3.63, 3.8) is 0 Å². The first kappa shape index (κ1) is 37.9. The van der Waals surface area contributed by atoms with Crippen LogP contribution < -0.4 is 10.1 Å². The van der Waals surface area contributed by atoms with Crippen LogP contribution in [0, 0.1) is 5.92 Å². The number of hydrogen-bond acceptors (Lipinski definition) is 8. The summed E-state index contributed by atoms with van der Waals surface area (Å²) >= 11 is 0. The highest BCUT2D eigenvalue weighted by molar-refractivity contribution is 6.07. The molecule has 0 spiro atoms. The van der Waals surface area contributed by atoms with Crippen molar-refractivity contribution in [2.24, 2.45) is 5.92 Å². The molecule has 5 aromatic rings. The highest BCUT2D eigenvalue weighted by Gasteiger charge is 2.39. The Labute approximate surface area is 321 Å². The van der Waals surface area contributed by atoms with Crippen molar-refractivity contribution in [2.45, 2.75) is 91.1 Å². The Morgan fingerprint density at radius 1 is 1.05 bits per heavy atom. The van der Waals surface area contributed by atoms with Gasteiger partial charge in [0.05, 0.1) is 48.7 Å². The van der Waals surface area contributed by atoms with Crippen LogP contribution in [0.25, 0.3) is 44.2 Å². The average molecular weight is 750 g/mol. The lowest BCUT2D eigenvalue weighted by molar-refractivity contribution is -0.136. The number of fused-ring (bicyclic) bond motifs is 6. The standard InChI is InChI=1S/C42H51N7O6/c1-8-9-37(50)48(20-23(2)21-53-6)26(5)39-43-19-34(46-39)28-11-13-30-29(16-28)22-55-36-18-31-27(17-32(30)36)12-14-33-38(31)47-40(45-33)35-15-10-24(3)49(35)41(51)25(4)44-42(52)54-7/h11-14,16-19,23-26,35H,8-10,15,20-22H2,1-7H3,(H,43,46)(H,44,52)(H,45,47). The van der Waals surface area contributed by atoms with E-state index in [0.29, 0.717) is 26.2 Å². The molecule has 3 aromatic carbocycles. The van der Waals surface area contributed by atoms with Gasteiger partial charge in [0.25, 0.3) is 0 Å². The van der Waals surface area contributed by atoms with Gasteiger partial charge in [0.2, 0.25) is 11.8 Å². The van der Waals surface area contributed by atoms with E-state index in [1.807, 2.05) is 42.8 Å². The Bertz CT molecular complexity index is 2230. The van der Waals surface area contributed by atoms with Crippen LogP contribution in [-0.4, -0.2) is 87.1 Å². The van der Waals surface area contributed by atoms with E-state index < -0.39 is 12.1 Å². The van der Waals surface area contributed by atoms with Gasteiger partial charge in [0.1, 0.15) is 30.0 Å². The number of benzene rings is 3. The van der Waals surface area contributed by atoms with Crippen molar-refractivity contribution in [3.8, 4) is 28.1 Å². The molecule has 1 fully saturated rings. The van der Waals surface area contributed by atoms with Gasteiger partial charge in [-0.05, 0) is 92.3 Å². The second kappa shape index (κ2) is 15.7. The molecule has 3 amide bonds. The van der Waals surface area contributed by atoms with Gasteiger partial charge in [-0.25, -0.2) is 14.8 Å². The number of nitrogens with one attached hydrogen (secondary N) is 3. The summed E-state index contributed by atoms with van der Waals surface area (Å²) in [5.41, 5.74) is 6.76.